The van der Waals surface area contributed by atoms with Crippen LogP contribution in [0, 0.1) is 28.4 Å². The maximum atomic E-state index is 15.7. The van der Waals surface area contributed by atoms with Crippen LogP contribution in [0.1, 0.15) is 99.3 Å². The number of ether oxygens (including phenoxy) is 1. The van der Waals surface area contributed by atoms with Crippen molar-refractivity contribution in [1.82, 2.24) is 29.3 Å². The number of nitrogens with one attached hydrogen (secondary N) is 2. The number of imide groups is 1. The molecule has 3 aromatic carbocycles. The number of hydrogen-bond donors (Lipinski definition) is 4. The van der Waals surface area contributed by atoms with Gasteiger partial charge in [0.1, 0.15) is 28.2 Å². The zero-order valence-electron chi connectivity index (χ0n) is 40.8. The number of aromatic hydroxyl groups is 2. The van der Waals surface area contributed by atoms with Crippen LogP contribution in [0.2, 0.25) is 5.02 Å². The molecule has 3 amide bonds. The van der Waals surface area contributed by atoms with E-state index in [1.807, 2.05) is 6.07 Å². The average Bonchev–Trinajstić information content (AvgIpc) is 3.70. The number of carbonyl (C=O) groups excluding carboxylic acids is 4. The summed E-state index contributed by atoms with van der Waals surface area (Å²) in [7, 11) is 0. The van der Waals surface area contributed by atoms with E-state index < -0.39 is 124 Å². The van der Waals surface area contributed by atoms with Gasteiger partial charge in [-0.3, -0.25) is 48.0 Å². The Morgan fingerprint density at radius 2 is 1.33 bits per heavy atom. The van der Waals surface area contributed by atoms with Gasteiger partial charge in [0.2, 0.25) is 0 Å². The van der Waals surface area contributed by atoms with E-state index in [-0.39, 0.29) is 79.3 Å². The molecule has 7 aromatic rings. The molecular formula is C55H51ClF6N8O9. The molecule has 2 aliphatic rings. The summed E-state index contributed by atoms with van der Waals surface area (Å²) in [5, 5.41) is 35.6. The third-order valence-electron chi connectivity index (χ3n) is 12.5. The molecule has 9 rings (SSSR count). The van der Waals surface area contributed by atoms with E-state index in [2.05, 4.69) is 20.6 Å². The number of anilines is 1. The first-order chi connectivity index (χ1) is 36.4. The van der Waals surface area contributed by atoms with Crippen molar-refractivity contribution in [2.45, 2.75) is 73.4 Å². The van der Waals surface area contributed by atoms with Crippen LogP contribution in [-0.2, 0) is 30.7 Å². The molecule has 0 radical (unpaired) electrons. The number of pyridine rings is 4. The number of rotatable bonds is 13. The average molecular weight is 1120 g/mol. The van der Waals surface area contributed by atoms with E-state index in [0.29, 0.717) is 26.2 Å². The Bertz CT molecular complexity index is 3700. The largest absolute Gasteiger partial charge is 0.505 e. The third kappa shape index (κ3) is 12.0. The Hall–Kier alpha value is -8.78. The minimum absolute atomic E-state index is 0. The summed E-state index contributed by atoms with van der Waals surface area (Å²) in [4.78, 5) is 86.3. The van der Waals surface area contributed by atoms with Gasteiger partial charge in [0, 0.05) is 37.3 Å². The van der Waals surface area contributed by atoms with Crippen molar-refractivity contribution in [3.8, 4) is 17.6 Å². The molecule has 0 atom stereocenters. The van der Waals surface area contributed by atoms with Crippen LogP contribution in [0.4, 0.5) is 32.0 Å². The molecule has 0 spiro atoms. The molecule has 0 aliphatic carbocycles. The van der Waals surface area contributed by atoms with E-state index in [1.54, 1.807) is 13.8 Å². The standard InChI is InChI=1S/C29H21ClF3N3O6.C24H22F3N5O3.2CH4/c1-2-42-28(41)20-24(37)22-23(21(30)16(12-34-22)11-15-7-9-17(31)10-8-15)35(27(20)40)13-29(32,33)14-36-25(38)18-5-3-4-6-19(18)26(36)39;1-23(2,9-28)10-31-21(34)16-20(33)18-19-17(30-11-24(26,27)12-32(19)22(16)35)14(8-29-18)7-13-3-5-15(25)6-4-13;;/h3-10,12,37H,2,11,13-14H2,1H3;3-6,8,30,33H,7,10-12H2,1-2H3,(H,31,34);2*1H4. The molecule has 0 unspecified atom stereocenters. The SMILES string of the molecule is C.C.CC(C)(C#N)CNC(=O)c1c(O)c2ncc(Cc3ccc(F)cc3)c3c2n(c1=O)CC(F)(F)CN3.CCOC(=O)c1c(O)c2ncc(Cc3ccc(F)cc3)c(Cl)c2n(CC(F)(F)CN2C(=O)c3ccccc3C2=O)c1=O. The summed E-state index contributed by atoms with van der Waals surface area (Å²) >= 11 is 6.61. The lowest BCUT2D eigenvalue weighted by molar-refractivity contribution is -0.0359. The number of carbonyl (C=O) groups is 4. The third-order valence-corrected chi connectivity index (χ3v) is 12.9. The van der Waals surface area contributed by atoms with E-state index in [1.165, 1.54) is 92.1 Å². The molecule has 24 heteroatoms. The normalized spacial score (nSPS) is 13.5. The van der Waals surface area contributed by atoms with Gasteiger partial charge < -0.3 is 25.6 Å². The topological polar surface area (TPSA) is 239 Å². The quantitative estimate of drug-likeness (QED) is 0.0479. The molecule has 0 saturated heterocycles. The highest BCUT2D eigenvalue weighted by Crippen LogP contribution is 2.38. The predicted molar refractivity (Wildman–Crippen MR) is 280 cm³/mol. The van der Waals surface area contributed by atoms with Gasteiger partial charge >= 0.3 is 5.97 Å². The summed E-state index contributed by atoms with van der Waals surface area (Å²) in [5.41, 5.74) is -4.11. The van der Waals surface area contributed by atoms with Gasteiger partial charge in [-0.1, -0.05) is 62.9 Å². The molecule has 414 valence electrons. The fraction of sp³-hybridized carbons (Fsp3) is 0.291. The van der Waals surface area contributed by atoms with Gasteiger partial charge in [0.15, 0.2) is 17.1 Å². The van der Waals surface area contributed by atoms with E-state index >= 15 is 8.78 Å². The number of esters is 1. The second-order valence-electron chi connectivity index (χ2n) is 18.7. The molecule has 2 aliphatic heterocycles. The van der Waals surface area contributed by atoms with Crippen LogP contribution in [0.15, 0.2) is 94.8 Å². The van der Waals surface area contributed by atoms with Crippen LogP contribution in [0.3, 0.4) is 0 Å². The van der Waals surface area contributed by atoms with Gasteiger partial charge in [-0.25, -0.2) is 31.1 Å². The Morgan fingerprint density at radius 3 is 1.87 bits per heavy atom. The van der Waals surface area contributed by atoms with Crippen molar-refractivity contribution in [2.24, 2.45) is 5.41 Å². The first-order valence-electron chi connectivity index (χ1n) is 23.4. The molecule has 6 heterocycles. The van der Waals surface area contributed by atoms with E-state index in [0.717, 1.165) is 4.57 Å². The molecule has 4 N–H and O–H groups in total. The number of alkyl halides is 4. The van der Waals surface area contributed by atoms with Crippen LogP contribution in [-0.4, -0.2) is 96.0 Å². The predicted octanol–water partition coefficient (Wildman–Crippen LogP) is 9.04. The minimum atomic E-state index is -3.91. The van der Waals surface area contributed by atoms with Gasteiger partial charge in [-0.05, 0) is 73.9 Å². The number of nitriles is 1. The smallest absolute Gasteiger partial charge is 0.347 e. The highest BCUT2D eigenvalue weighted by molar-refractivity contribution is 6.36. The lowest BCUT2D eigenvalue weighted by atomic mass is 9.96. The van der Waals surface area contributed by atoms with Crippen LogP contribution in [0.5, 0.6) is 11.5 Å². The Morgan fingerprint density at radius 1 is 0.810 bits per heavy atom. The monoisotopic (exact) mass is 1120 g/mol. The lowest BCUT2D eigenvalue weighted by Gasteiger charge is -2.24. The van der Waals surface area contributed by atoms with Crippen LogP contribution >= 0.6 is 11.6 Å². The molecule has 0 bridgehead atoms. The number of nitrogens with zero attached hydrogens (tertiary/aromatic N) is 6. The highest BCUT2D eigenvalue weighted by atomic mass is 35.5. The summed E-state index contributed by atoms with van der Waals surface area (Å²) < 4.78 is 93.3. The zero-order valence-corrected chi connectivity index (χ0v) is 41.6. The van der Waals surface area contributed by atoms with Crippen molar-refractivity contribution in [3.63, 3.8) is 0 Å². The van der Waals surface area contributed by atoms with Crippen molar-refractivity contribution in [2.75, 3.05) is 31.6 Å². The Kier molecular flexibility index (Phi) is 17.4. The Balaban J connectivity index is 0.000000253. The summed E-state index contributed by atoms with van der Waals surface area (Å²) in [5.74, 6) is -13.9. The van der Waals surface area contributed by atoms with Gasteiger partial charge in [-0.15, -0.1) is 0 Å². The first-order valence-corrected chi connectivity index (χ1v) is 23.7. The van der Waals surface area contributed by atoms with Crippen molar-refractivity contribution in [3.05, 3.63) is 167 Å². The summed E-state index contributed by atoms with van der Waals surface area (Å²) in [6.07, 6.45) is 2.83. The number of aromatic nitrogens is 4. The maximum absolute atomic E-state index is 15.7. The second kappa shape index (κ2) is 23.1. The van der Waals surface area contributed by atoms with Crippen molar-refractivity contribution < 1.29 is 60.5 Å². The number of hydrogen-bond acceptors (Lipinski definition) is 13. The number of fused-ring (bicyclic) bond motifs is 2. The molecule has 4 aromatic heterocycles. The first kappa shape index (κ1) is 59.5. The van der Waals surface area contributed by atoms with E-state index in [4.69, 9.17) is 21.6 Å². The van der Waals surface area contributed by atoms with Crippen LogP contribution in [0.25, 0.3) is 22.1 Å². The highest BCUT2D eigenvalue weighted by Gasteiger charge is 2.44. The molecule has 0 saturated carbocycles. The van der Waals surface area contributed by atoms with Gasteiger partial charge in [0.25, 0.3) is 40.7 Å². The summed E-state index contributed by atoms with van der Waals surface area (Å²) in [6, 6.07) is 18.6. The van der Waals surface area contributed by atoms with Crippen molar-refractivity contribution >= 4 is 63.0 Å². The molecule has 79 heavy (non-hydrogen) atoms. The number of benzene rings is 3. The van der Waals surface area contributed by atoms with E-state index in [9.17, 15) is 56.5 Å². The number of halogens is 7. The van der Waals surface area contributed by atoms with Gasteiger partial charge in [-0.2, -0.15) is 5.26 Å². The Labute approximate surface area is 451 Å². The minimum Gasteiger partial charge on any atom is -0.505 e. The number of amides is 3. The lowest BCUT2D eigenvalue weighted by Crippen LogP contribution is -2.44. The second-order valence-corrected chi connectivity index (χ2v) is 19.1. The zero-order chi connectivity index (χ0) is 55.9. The molecule has 0 fully saturated rings. The fourth-order valence-electron chi connectivity index (χ4n) is 8.65. The summed E-state index contributed by atoms with van der Waals surface area (Å²) in [6.45, 7) is -0.387. The fourth-order valence-corrected chi connectivity index (χ4v) is 8.95. The van der Waals surface area contributed by atoms with Crippen molar-refractivity contribution in [1.29, 1.82) is 5.26 Å². The molecular weight excluding hydrogens is 1070 g/mol. The van der Waals surface area contributed by atoms with Crippen LogP contribution < -0.4 is 21.8 Å². The maximum Gasteiger partial charge on any atom is 0.347 e. The van der Waals surface area contributed by atoms with Gasteiger partial charge in [0.05, 0.1) is 77.1 Å². The molecule has 17 nitrogen and oxygen atoms in total.